The summed E-state index contributed by atoms with van der Waals surface area (Å²) < 4.78 is 0. The van der Waals surface area contributed by atoms with Crippen molar-refractivity contribution < 1.29 is 0 Å². The maximum Gasteiger partial charge on any atom is 0.122 e. The lowest BCUT2D eigenvalue weighted by Crippen LogP contribution is -2.10. The van der Waals surface area contributed by atoms with Gasteiger partial charge >= 0.3 is 0 Å². The van der Waals surface area contributed by atoms with Gasteiger partial charge in [-0.2, -0.15) is 0 Å². The smallest absolute Gasteiger partial charge is 0.122 e. The van der Waals surface area contributed by atoms with E-state index < -0.39 is 0 Å². The summed E-state index contributed by atoms with van der Waals surface area (Å²) in [5, 5.41) is 14.6. The molecule has 0 aliphatic carbocycles. The summed E-state index contributed by atoms with van der Waals surface area (Å²) in [4.78, 5) is 0. The lowest BCUT2D eigenvalue weighted by Gasteiger charge is -1.98. The van der Waals surface area contributed by atoms with Crippen LogP contribution in [0.3, 0.4) is 0 Å². The van der Waals surface area contributed by atoms with Crippen LogP contribution >= 0.6 is 0 Å². The summed E-state index contributed by atoms with van der Waals surface area (Å²) in [6.07, 6.45) is 0. The molecule has 4 heteroatoms. The highest BCUT2D eigenvalue weighted by Gasteiger charge is 1.96. The summed E-state index contributed by atoms with van der Waals surface area (Å²) in [5.74, 6) is 6.15. The van der Waals surface area contributed by atoms with Crippen LogP contribution < -0.4 is 11.5 Å². The summed E-state index contributed by atoms with van der Waals surface area (Å²) in [7, 11) is 0. The van der Waals surface area contributed by atoms with Crippen molar-refractivity contribution in [3.8, 4) is 11.8 Å². The molecule has 0 bridgehead atoms. The second-order valence-electron chi connectivity index (χ2n) is 4.23. The molecule has 0 saturated carbocycles. The van der Waals surface area contributed by atoms with Crippen LogP contribution in [-0.2, 0) is 0 Å². The fraction of sp³-hybridized carbons (Fsp3) is 0. The molecule has 20 heavy (non-hydrogen) atoms. The zero-order valence-electron chi connectivity index (χ0n) is 10.8. The van der Waals surface area contributed by atoms with Crippen LogP contribution in [0.25, 0.3) is 0 Å². The van der Waals surface area contributed by atoms with Gasteiger partial charge < -0.3 is 11.5 Å². The Hall–Kier alpha value is -3.06. The van der Waals surface area contributed by atoms with Crippen LogP contribution in [0.4, 0.5) is 0 Å². The number of rotatable bonds is 2. The van der Waals surface area contributed by atoms with Crippen LogP contribution in [0.1, 0.15) is 22.3 Å². The van der Waals surface area contributed by atoms with Crippen molar-refractivity contribution in [2.45, 2.75) is 0 Å². The van der Waals surface area contributed by atoms with E-state index in [2.05, 4.69) is 11.8 Å². The van der Waals surface area contributed by atoms with E-state index in [1.54, 1.807) is 24.3 Å². The van der Waals surface area contributed by atoms with Gasteiger partial charge in [-0.3, -0.25) is 10.8 Å². The van der Waals surface area contributed by atoms with Crippen molar-refractivity contribution in [2.24, 2.45) is 11.5 Å². The molecule has 0 atom stereocenters. The van der Waals surface area contributed by atoms with Crippen molar-refractivity contribution in [2.75, 3.05) is 0 Å². The second-order valence-corrected chi connectivity index (χ2v) is 4.23. The van der Waals surface area contributed by atoms with Crippen LogP contribution in [0, 0.1) is 22.7 Å². The zero-order valence-corrected chi connectivity index (χ0v) is 10.8. The van der Waals surface area contributed by atoms with E-state index in [1.807, 2.05) is 24.3 Å². The van der Waals surface area contributed by atoms with Gasteiger partial charge in [0.15, 0.2) is 0 Å². The predicted octanol–water partition coefficient (Wildman–Crippen LogP) is 1.65. The van der Waals surface area contributed by atoms with Gasteiger partial charge in [-0.15, -0.1) is 0 Å². The fourth-order valence-electron chi connectivity index (χ4n) is 1.61. The molecule has 98 valence electrons. The van der Waals surface area contributed by atoms with E-state index >= 15 is 0 Å². The van der Waals surface area contributed by atoms with Gasteiger partial charge in [0, 0.05) is 22.3 Å². The van der Waals surface area contributed by atoms with Crippen LogP contribution in [0.2, 0.25) is 0 Å². The molecular formula is C16H14N4. The largest absolute Gasteiger partial charge is 0.384 e. The molecule has 0 spiro atoms. The average Bonchev–Trinajstić information content (AvgIpc) is 2.46. The van der Waals surface area contributed by atoms with Crippen molar-refractivity contribution in [3.63, 3.8) is 0 Å². The SMILES string of the molecule is N=C(N)c1ccc(C#Cc2ccc(C(=N)N)cc2)cc1. The molecular weight excluding hydrogens is 248 g/mol. The first-order valence-electron chi connectivity index (χ1n) is 5.97. The van der Waals surface area contributed by atoms with Gasteiger partial charge in [-0.25, -0.2) is 0 Å². The Morgan fingerprint density at radius 2 is 0.950 bits per heavy atom. The molecule has 0 heterocycles. The van der Waals surface area contributed by atoms with E-state index in [4.69, 9.17) is 22.3 Å². The average molecular weight is 262 g/mol. The topological polar surface area (TPSA) is 99.7 Å². The molecule has 0 saturated heterocycles. The third kappa shape index (κ3) is 3.24. The molecule has 0 fully saturated rings. The third-order valence-corrected chi connectivity index (χ3v) is 2.74. The Morgan fingerprint density at radius 1 is 0.650 bits per heavy atom. The highest BCUT2D eigenvalue weighted by atomic mass is 14.7. The zero-order chi connectivity index (χ0) is 14.5. The molecule has 0 aliphatic heterocycles. The normalized spacial score (nSPS) is 9.40. The Labute approximate surface area is 117 Å². The molecule has 0 radical (unpaired) electrons. The third-order valence-electron chi connectivity index (χ3n) is 2.74. The Morgan fingerprint density at radius 3 is 1.20 bits per heavy atom. The highest BCUT2D eigenvalue weighted by Crippen LogP contribution is 2.05. The first-order chi connectivity index (χ1) is 9.56. The lowest BCUT2D eigenvalue weighted by molar-refractivity contribution is 1.42. The van der Waals surface area contributed by atoms with Crippen LogP contribution in [0.5, 0.6) is 0 Å². The number of nitrogens with one attached hydrogen (secondary N) is 2. The monoisotopic (exact) mass is 262 g/mol. The number of hydrogen-bond acceptors (Lipinski definition) is 2. The number of nitrogens with two attached hydrogens (primary N) is 2. The number of hydrogen-bond donors (Lipinski definition) is 4. The van der Waals surface area contributed by atoms with E-state index in [1.165, 1.54) is 0 Å². The Bertz CT molecular complexity index is 639. The van der Waals surface area contributed by atoms with Gasteiger partial charge in [0.05, 0.1) is 0 Å². The minimum atomic E-state index is 0.0457. The quantitative estimate of drug-likeness (QED) is 0.376. The molecule has 0 aromatic heterocycles. The van der Waals surface area contributed by atoms with E-state index in [-0.39, 0.29) is 11.7 Å². The minimum Gasteiger partial charge on any atom is -0.384 e. The minimum absolute atomic E-state index is 0.0457. The maximum absolute atomic E-state index is 7.31. The van der Waals surface area contributed by atoms with E-state index in [0.29, 0.717) is 11.1 Å². The standard InChI is InChI=1S/C16H14N4/c17-15(18)13-7-3-11(4-8-13)1-2-12-5-9-14(10-6-12)16(19)20/h3-10H,(H3,17,18)(H3,19,20). The fourth-order valence-corrected chi connectivity index (χ4v) is 1.61. The molecule has 0 aliphatic rings. The van der Waals surface area contributed by atoms with Crippen molar-refractivity contribution in [1.82, 2.24) is 0 Å². The molecule has 2 rings (SSSR count). The van der Waals surface area contributed by atoms with Crippen LogP contribution in [-0.4, -0.2) is 11.7 Å². The van der Waals surface area contributed by atoms with E-state index in [0.717, 1.165) is 11.1 Å². The van der Waals surface area contributed by atoms with Gasteiger partial charge in [0.1, 0.15) is 11.7 Å². The molecule has 2 aromatic rings. The predicted molar refractivity (Wildman–Crippen MR) is 80.9 cm³/mol. The molecule has 6 N–H and O–H groups in total. The lowest BCUT2D eigenvalue weighted by atomic mass is 10.1. The highest BCUT2D eigenvalue weighted by molar-refractivity contribution is 5.95. The summed E-state index contributed by atoms with van der Waals surface area (Å²) in [5.41, 5.74) is 13.8. The molecule has 2 aromatic carbocycles. The molecule has 0 amide bonds. The van der Waals surface area contributed by atoms with Gasteiger partial charge in [-0.1, -0.05) is 36.1 Å². The van der Waals surface area contributed by atoms with Crippen LogP contribution in [0.15, 0.2) is 48.5 Å². The summed E-state index contributed by atoms with van der Waals surface area (Å²) in [6, 6.07) is 14.4. The number of benzene rings is 2. The summed E-state index contributed by atoms with van der Waals surface area (Å²) in [6.45, 7) is 0. The first-order valence-corrected chi connectivity index (χ1v) is 5.97. The first kappa shape index (κ1) is 13.4. The van der Waals surface area contributed by atoms with Crippen molar-refractivity contribution in [3.05, 3.63) is 70.8 Å². The molecule has 0 unspecified atom stereocenters. The van der Waals surface area contributed by atoms with Gasteiger partial charge in [0.2, 0.25) is 0 Å². The van der Waals surface area contributed by atoms with Crippen molar-refractivity contribution >= 4 is 11.7 Å². The maximum atomic E-state index is 7.31. The second kappa shape index (κ2) is 5.72. The van der Waals surface area contributed by atoms with Gasteiger partial charge in [0.25, 0.3) is 0 Å². The Kier molecular flexibility index (Phi) is 3.82. The Balaban J connectivity index is 2.17. The number of nitrogen functional groups attached to an aromatic ring is 2. The summed E-state index contributed by atoms with van der Waals surface area (Å²) >= 11 is 0. The van der Waals surface area contributed by atoms with Gasteiger partial charge in [-0.05, 0) is 24.3 Å². The van der Waals surface area contributed by atoms with E-state index in [9.17, 15) is 0 Å². The van der Waals surface area contributed by atoms with Crippen molar-refractivity contribution in [1.29, 1.82) is 10.8 Å². The molecule has 4 nitrogen and oxygen atoms in total. The number of amidine groups is 2.